The minimum absolute atomic E-state index is 0.0372. The van der Waals surface area contributed by atoms with E-state index in [1.165, 1.54) is 6.92 Å². The summed E-state index contributed by atoms with van der Waals surface area (Å²) in [4.78, 5) is 2.03. The van der Waals surface area contributed by atoms with Crippen molar-refractivity contribution in [2.24, 2.45) is 0 Å². The molecule has 0 bridgehead atoms. The van der Waals surface area contributed by atoms with E-state index in [-0.39, 0.29) is 23.5 Å². The molecular weight excluding hydrogens is 335 g/mol. The van der Waals surface area contributed by atoms with Crippen molar-refractivity contribution in [2.75, 3.05) is 20.6 Å². The zero-order valence-electron chi connectivity index (χ0n) is 14.0. The molecule has 2 aromatic rings. The molecule has 0 aromatic heterocycles. The number of benzene rings is 2. The zero-order valence-corrected chi connectivity index (χ0v) is 14.8. The van der Waals surface area contributed by atoms with Crippen LogP contribution in [0.3, 0.4) is 0 Å². The first-order valence-corrected chi connectivity index (χ1v) is 8.21. The van der Waals surface area contributed by atoms with Crippen LogP contribution in [0.1, 0.15) is 29.0 Å². The average Bonchev–Trinajstić information content (AvgIpc) is 2.58. The molecule has 0 aliphatic heterocycles. The van der Waals surface area contributed by atoms with Gasteiger partial charge >= 0.3 is 0 Å². The molecule has 5 heteroatoms. The second-order valence-electron chi connectivity index (χ2n) is 6.26. The summed E-state index contributed by atoms with van der Waals surface area (Å²) >= 11 is 5.90. The lowest BCUT2D eigenvalue weighted by atomic mass is 9.88. The summed E-state index contributed by atoms with van der Waals surface area (Å²) in [6.07, 6.45) is 0.978. The molecule has 24 heavy (non-hydrogen) atoms. The topological polar surface area (TPSA) is 3.24 Å². The van der Waals surface area contributed by atoms with Crippen molar-refractivity contribution in [2.45, 2.75) is 25.7 Å². The number of rotatable bonds is 6. The van der Waals surface area contributed by atoms with Gasteiger partial charge in [-0.3, -0.25) is 0 Å². The highest BCUT2D eigenvalue weighted by Crippen LogP contribution is 2.34. The summed E-state index contributed by atoms with van der Waals surface area (Å²) in [5, 5.41) is -0.457. The Morgan fingerprint density at radius 2 is 1.62 bits per heavy atom. The molecule has 0 radical (unpaired) electrons. The molecule has 0 aliphatic carbocycles. The third kappa shape index (κ3) is 4.11. The molecule has 0 fully saturated rings. The van der Waals surface area contributed by atoms with E-state index in [1.807, 2.05) is 49.3 Å². The Labute approximate surface area is 146 Å². The van der Waals surface area contributed by atoms with Crippen LogP contribution in [0, 0.1) is 24.4 Å². The Balaban J connectivity index is 2.40. The molecule has 1 nitrogen and oxygen atoms in total. The predicted molar refractivity (Wildman–Crippen MR) is 92.1 cm³/mol. The van der Waals surface area contributed by atoms with Crippen molar-refractivity contribution in [3.8, 4) is 0 Å². The molecule has 0 saturated heterocycles. The molecule has 0 heterocycles. The normalized spacial score (nSPS) is 12.7. The molecule has 2 rings (SSSR count). The molecule has 1 atom stereocenters. The van der Waals surface area contributed by atoms with Gasteiger partial charge in [0.15, 0.2) is 11.6 Å². The van der Waals surface area contributed by atoms with Crippen LogP contribution in [0.25, 0.3) is 0 Å². The maximum atomic E-state index is 14.5. The number of hydrogen-bond acceptors (Lipinski definition) is 1. The van der Waals surface area contributed by atoms with Gasteiger partial charge in [0.1, 0.15) is 5.82 Å². The van der Waals surface area contributed by atoms with Gasteiger partial charge < -0.3 is 4.90 Å². The van der Waals surface area contributed by atoms with Crippen LogP contribution in [0.15, 0.2) is 30.3 Å². The lowest BCUT2D eigenvalue weighted by molar-refractivity contribution is 0.378. The van der Waals surface area contributed by atoms with Gasteiger partial charge in [-0.1, -0.05) is 41.9 Å². The third-order valence-corrected chi connectivity index (χ3v) is 4.61. The molecular formula is C19H21ClF3N. The van der Waals surface area contributed by atoms with Gasteiger partial charge in [-0.05, 0) is 51.9 Å². The molecule has 0 aliphatic rings. The van der Waals surface area contributed by atoms with Crippen LogP contribution in [0.4, 0.5) is 13.2 Å². The highest BCUT2D eigenvalue weighted by atomic mass is 35.5. The van der Waals surface area contributed by atoms with Crippen LogP contribution in [-0.2, 0) is 6.42 Å². The van der Waals surface area contributed by atoms with E-state index in [9.17, 15) is 13.2 Å². The second kappa shape index (κ2) is 8.04. The Morgan fingerprint density at radius 1 is 1.00 bits per heavy atom. The van der Waals surface area contributed by atoms with Crippen molar-refractivity contribution in [1.29, 1.82) is 0 Å². The quantitative estimate of drug-likeness (QED) is 0.499. The fraction of sp³-hybridized carbons (Fsp3) is 0.368. The first-order valence-electron chi connectivity index (χ1n) is 7.84. The van der Waals surface area contributed by atoms with Gasteiger partial charge in [0.05, 0.1) is 5.02 Å². The van der Waals surface area contributed by atoms with Gasteiger partial charge in [-0.15, -0.1) is 0 Å². The first kappa shape index (κ1) is 18.8. The Bertz CT molecular complexity index is 672. The molecule has 0 spiro atoms. The van der Waals surface area contributed by atoms with E-state index in [4.69, 9.17) is 11.6 Å². The Kier molecular flexibility index (Phi) is 6.30. The van der Waals surface area contributed by atoms with E-state index >= 15 is 0 Å². The maximum Gasteiger partial charge on any atom is 0.178 e. The van der Waals surface area contributed by atoms with E-state index in [0.29, 0.717) is 0 Å². The van der Waals surface area contributed by atoms with Crippen molar-refractivity contribution >= 4 is 11.6 Å². The summed E-state index contributed by atoms with van der Waals surface area (Å²) < 4.78 is 42.0. The standard InChI is InChI=1S/C19H21ClF3N/c1-12-17(21)15(16(20)19(23)18(12)22)11-14(9-10-24(2)3)13-7-5-4-6-8-13/h4-8,14H,9-11H2,1-3H3. The van der Waals surface area contributed by atoms with Crippen molar-refractivity contribution < 1.29 is 13.2 Å². The van der Waals surface area contributed by atoms with Gasteiger partial charge in [0.2, 0.25) is 0 Å². The summed E-state index contributed by atoms with van der Waals surface area (Å²) in [6, 6.07) is 9.64. The van der Waals surface area contributed by atoms with Crippen LogP contribution in [-0.4, -0.2) is 25.5 Å². The van der Waals surface area contributed by atoms with Crippen LogP contribution in [0.2, 0.25) is 5.02 Å². The van der Waals surface area contributed by atoms with Crippen molar-refractivity contribution in [3.05, 3.63) is 69.5 Å². The van der Waals surface area contributed by atoms with E-state index in [0.717, 1.165) is 18.5 Å². The van der Waals surface area contributed by atoms with Gasteiger partial charge in [0, 0.05) is 11.1 Å². The molecule has 1 unspecified atom stereocenters. The minimum Gasteiger partial charge on any atom is -0.309 e. The summed E-state index contributed by atoms with van der Waals surface area (Å²) in [5.41, 5.74) is 0.740. The fourth-order valence-electron chi connectivity index (χ4n) is 2.76. The monoisotopic (exact) mass is 355 g/mol. The molecule has 0 amide bonds. The summed E-state index contributed by atoms with van der Waals surface area (Å²) in [5.74, 6) is -3.19. The lowest BCUT2D eigenvalue weighted by Gasteiger charge is -2.21. The predicted octanol–water partition coefficient (Wildman–Crippen LogP) is 5.34. The average molecular weight is 356 g/mol. The van der Waals surface area contributed by atoms with Crippen molar-refractivity contribution in [3.63, 3.8) is 0 Å². The number of hydrogen-bond donors (Lipinski definition) is 0. The highest BCUT2D eigenvalue weighted by Gasteiger charge is 2.24. The third-order valence-electron chi connectivity index (χ3n) is 4.22. The van der Waals surface area contributed by atoms with Crippen molar-refractivity contribution in [1.82, 2.24) is 4.90 Å². The fourth-order valence-corrected chi connectivity index (χ4v) is 3.01. The van der Waals surface area contributed by atoms with Gasteiger partial charge in [-0.2, -0.15) is 0 Å². The Morgan fingerprint density at radius 3 is 2.21 bits per heavy atom. The van der Waals surface area contributed by atoms with E-state index < -0.39 is 22.5 Å². The smallest absolute Gasteiger partial charge is 0.178 e. The van der Waals surface area contributed by atoms with E-state index in [2.05, 4.69) is 0 Å². The molecule has 130 valence electrons. The SMILES string of the molecule is Cc1c(F)c(F)c(Cl)c(CC(CCN(C)C)c2ccccc2)c1F. The summed E-state index contributed by atoms with van der Waals surface area (Å²) in [6.45, 7) is 2.02. The van der Waals surface area contributed by atoms with Crippen LogP contribution >= 0.6 is 11.6 Å². The molecule has 0 N–H and O–H groups in total. The van der Waals surface area contributed by atoms with Gasteiger partial charge in [0.25, 0.3) is 0 Å². The first-order chi connectivity index (χ1) is 11.3. The number of nitrogens with zero attached hydrogens (tertiary/aromatic N) is 1. The zero-order chi connectivity index (χ0) is 17.9. The largest absolute Gasteiger partial charge is 0.309 e. The van der Waals surface area contributed by atoms with Crippen LogP contribution in [0.5, 0.6) is 0 Å². The van der Waals surface area contributed by atoms with E-state index in [1.54, 1.807) is 0 Å². The summed E-state index contributed by atoms with van der Waals surface area (Å²) in [7, 11) is 3.91. The maximum absolute atomic E-state index is 14.5. The lowest BCUT2D eigenvalue weighted by Crippen LogP contribution is -2.18. The highest BCUT2D eigenvalue weighted by molar-refractivity contribution is 6.31. The molecule has 2 aromatic carbocycles. The second-order valence-corrected chi connectivity index (χ2v) is 6.64. The minimum atomic E-state index is -1.22. The van der Waals surface area contributed by atoms with Gasteiger partial charge in [-0.25, -0.2) is 13.2 Å². The Hall–Kier alpha value is -1.52. The van der Waals surface area contributed by atoms with Crippen LogP contribution < -0.4 is 0 Å². The number of halogens is 4. The molecule has 0 saturated carbocycles.